The van der Waals surface area contributed by atoms with Crippen LogP contribution in [0.15, 0.2) is 11.6 Å². The first-order valence-corrected chi connectivity index (χ1v) is 6.76. The van der Waals surface area contributed by atoms with Crippen molar-refractivity contribution in [2.75, 3.05) is 26.4 Å². The zero-order chi connectivity index (χ0) is 13.1. The van der Waals surface area contributed by atoms with E-state index in [1.165, 1.54) is 6.08 Å². The lowest BCUT2D eigenvalue weighted by Crippen LogP contribution is -2.03. The van der Waals surface area contributed by atoms with Crippen LogP contribution >= 0.6 is 8.60 Å². The molecule has 0 aliphatic carbocycles. The molecular formula is C11H21O5P. The summed E-state index contributed by atoms with van der Waals surface area (Å²) >= 11 is 0. The van der Waals surface area contributed by atoms with E-state index in [1.807, 2.05) is 13.8 Å². The fourth-order valence-corrected chi connectivity index (χ4v) is 1.86. The molecule has 0 aromatic carbocycles. The van der Waals surface area contributed by atoms with Gasteiger partial charge in [0.05, 0.1) is 26.4 Å². The molecule has 0 rings (SSSR count). The molecule has 0 radical (unpaired) electrons. The highest BCUT2D eigenvalue weighted by atomic mass is 31.2. The normalized spacial score (nSPS) is 11.9. The van der Waals surface area contributed by atoms with E-state index in [4.69, 9.17) is 18.3 Å². The molecule has 0 atom stereocenters. The number of rotatable bonds is 9. The second-order valence-corrected chi connectivity index (χ2v) is 4.30. The van der Waals surface area contributed by atoms with Gasteiger partial charge in [-0.3, -0.25) is 0 Å². The van der Waals surface area contributed by atoms with Crippen molar-refractivity contribution >= 4 is 14.6 Å². The van der Waals surface area contributed by atoms with E-state index in [1.54, 1.807) is 13.8 Å². The van der Waals surface area contributed by atoms with E-state index in [0.717, 1.165) is 5.57 Å². The van der Waals surface area contributed by atoms with Gasteiger partial charge >= 0.3 is 14.6 Å². The summed E-state index contributed by atoms with van der Waals surface area (Å²) in [6.45, 7) is 9.04. The molecule has 0 aromatic rings. The van der Waals surface area contributed by atoms with Gasteiger partial charge < -0.3 is 18.3 Å². The van der Waals surface area contributed by atoms with E-state index >= 15 is 0 Å². The number of hydrogen-bond donors (Lipinski definition) is 0. The van der Waals surface area contributed by atoms with Crippen molar-refractivity contribution < 1.29 is 23.1 Å². The van der Waals surface area contributed by atoms with Crippen LogP contribution in [0.3, 0.4) is 0 Å². The highest BCUT2D eigenvalue weighted by molar-refractivity contribution is 7.41. The average Bonchev–Trinajstić information content (AvgIpc) is 2.27. The van der Waals surface area contributed by atoms with Gasteiger partial charge in [0.15, 0.2) is 0 Å². The Hall–Kier alpha value is -0.480. The zero-order valence-corrected chi connectivity index (χ0v) is 11.8. The molecule has 5 nitrogen and oxygen atoms in total. The number of carbonyl (C=O) groups excluding carboxylic acids is 1. The van der Waals surface area contributed by atoms with Crippen LogP contribution in [0.1, 0.15) is 27.7 Å². The molecule has 0 N–H and O–H groups in total. The zero-order valence-electron chi connectivity index (χ0n) is 10.9. The molecule has 0 spiro atoms. The van der Waals surface area contributed by atoms with Crippen LogP contribution in [0, 0.1) is 0 Å². The van der Waals surface area contributed by atoms with Crippen LogP contribution in [-0.4, -0.2) is 32.4 Å². The summed E-state index contributed by atoms with van der Waals surface area (Å²) in [4.78, 5) is 11.1. The van der Waals surface area contributed by atoms with E-state index in [9.17, 15) is 4.79 Å². The first kappa shape index (κ1) is 16.5. The second-order valence-electron chi connectivity index (χ2n) is 3.08. The predicted molar refractivity (Wildman–Crippen MR) is 66.5 cm³/mol. The quantitative estimate of drug-likeness (QED) is 0.364. The van der Waals surface area contributed by atoms with Gasteiger partial charge in [-0.05, 0) is 33.3 Å². The third-order valence-corrected chi connectivity index (χ3v) is 2.80. The number of hydrogen-bond acceptors (Lipinski definition) is 5. The van der Waals surface area contributed by atoms with Gasteiger partial charge in [-0.1, -0.05) is 0 Å². The molecule has 0 amide bonds. The van der Waals surface area contributed by atoms with Gasteiger partial charge in [0.2, 0.25) is 0 Å². The van der Waals surface area contributed by atoms with Crippen molar-refractivity contribution in [3.8, 4) is 0 Å². The fraction of sp³-hybridized carbons (Fsp3) is 0.727. The Kier molecular flexibility index (Phi) is 10.4. The molecule has 6 heteroatoms. The van der Waals surface area contributed by atoms with Crippen LogP contribution in [-0.2, 0) is 23.1 Å². The van der Waals surface area contributed by atoms with Gasteiger partial charge in [-0.25, -0.2) is 4.79 Å². The lowest BCUT2D eigenvalue weighted by molar-refractivity contribution is -0.137. The van der Waals surface area contributed by atoms with Crippen LogP contribution in [0.2, 0.25) is 0 Å². The third-order valence-electron chi connectivity index (χ3n) is 1.52. The minimum absolute atomic E-state index is 0.296. The molecule has 0 aliphatic rings. The summed E-state index contributed by atoms with van der Waals surface area (Å²) in [5.41, 5.74) is 0.773. The summed E-state index contributed by atoms with van der Waals surface area (Å²) in [5, 5.41) is 0. The Morgan fingerprint density at radius 1 is 1.06 bits per heavy atom. The molecule has 0 bridgehead atoms. The molecule has 0 unspecified atom stereocenters. The molecule has 17 heavy (non-hydrogen) atoms. The predicted octanol–water partition coefficient (Wildman–Crippen LogP) is 2.81. The standard InChI is InChI=1S/C11H21O5P/c1-5-13-11(12)8-10(4)9-16-17(14-6-2)15-7-3/h8H,5-7,9H2,1-4H3/b10-8-. The minimum atomic E-state index is -1.32. The fourth-order valence-electron chi connectivity index (χ4n) is 0.904. The van der Waals surface area contributed by atoms with Crippen LogP contribution in [0.5, 0.6) is 0 Å². The van der Waals surface area contributed by atoms with Gasteiger partial charge in [-0.15, -0.1) is 0 Å². The third kappa shape index (κ3) is 9.24. The Bertz CT molecular complexity index is 236. The minimum Gasteiger partial charge on any atom is -0.463 e. The van der Waals surface area contributed by atoms with Gasteiger partial charge in [-0.2, -0.15) is 0 Å². The Morgan fingerprint density at radius 3 is 2.12 bits per heavy atom. The lowest BCUT2D eigenvalue weighted by atomic mass is 10.3. The SMILES string of the molecule is CCOC(=O)/C=C(/C)COP(OCC)OCC. The van der Waals surface area contributed by atoms with Crippen molar-refractivity contribution in [3.05, 3.63) is 11.6 Å². The van der Waals surface area contributed by atoms with E-state index in [-0.39, 0.29) is 5.97 Å². The highest BCUT2D eigenvalue weighted by Gasteiger charge is 2.11. The molecule has 0 saturated carbocycles. The van der Waals surface area contributed by atoms with Crippen molar-refractivity contribution in [1.29, 1.82) is 0 Å². The Balaban J connectivity index is 4.01. The molecule has 0 aromatic heterocycles. The molecule has 0 heterocycles. The molecule has 0 saturated heterocycles. The summed E-state index contributed by atoms with van der Waals surface area (Å²) in [6, 6.07) is 0. The van der Waals surface area contributed by atoms with Crippen LogP contribution in [0.25, 0.3) is 0 Å². The van der Waals surface area contributed by atoms with Gasteiger partial charge in [0, 0.05) is 6.08 Å². The second kappa shape index (κ2) is 10.7. The van der Waals surface area contributed by atoms with Crippen molar-refractivity contribution in [2.45, 2.75) is 27.7 Å². The Labute approximate surface area is 104 Å². The van der Waals surface area contributed by atoms with Crippen LogP contribution in [0.4, 0.5) is 0 Å². The number of ether oxygens (including phenoxy) is 1. The van der Waals surface area contributed by atoms with Gasteiger partial charge in [0.1, 0.15) is 0 Å². The molecule has 100 valence electrons. The molecule has 0 fully saturated rings. The van der Waals surface area contributed by atoms with Crippen molar-refractivity contribution in [3.63, 3.8) is 0 Å². The van der Waals surface area contributed by atoms with E-state index in [2.05, 4.69) is 0 Å². The molecular weight excluding hydrogens is 243 g/mol. The smallest absolute Gasteiger partial charge is 0.332 e. The lowest BCUT2D eigenvalue weighted by Gasteiger charge is -2.14. The largest absolute Gasteiger partial charge is 0.463 e. The average molecular weight is 264 g/mol. The maximum Gasteiger partial charge on any atom is 0.332 e. The summed E-state index contributed by atoms with van der Waals surface area (Å²) < 4.78 is 20.7. The first-order valence-electron chi connectivity index (χ1n) is 5.66. The first-order chi connectivity index (χ1) is 8.13. The van der Waals surface area contributed by atoms with Gasteiger partial charge in [0.25, 0.3) is 0 Å². The Morgan fingerprint density at radius 2 is 1.65 bits per heavy atom. The number of esters is 1. The molecule has 0 aliphatic heterocycles. The van der Waals surface area contributed by atoms with E-state index < -0.39 is 8.60 Å². The topological polar surface area (TPSA) is 54.0 Å². The van der Waals surface area contributed by atoms with E-state index in [0.29, 0.717) is 26.4 Å². The maximum atomic E-state index is 11.1. The maximum absolute atomic E-state index is 11.1. The highest BCUT2D eigenvalue weighted by Crippen LogP contribution is 2.39. The van der Waals surface area contributed by atoms with Crippen molar-refractivity contribution in [1.82, 2.24) is 0 Å². The van der Waals surface area contributed by atoms with Crippen LogP contribution < -0.4 is 0 Å². The summed E-state index contributed by atoms with van der Waals surface area (Å²) in [5.74, 6) is -0.356. The summed E-state index contributed by atoms with van der Waals surface area (Å²) in [6.07, 6.45) is 1.41. The summed E-state index contributed by atoms with van der Waals surface area (Å²) in [7, 11) is -1.32. The number of carbonyl (C=O) groups is 1. The van der Waals surface area contributed by atoms with Crippen molar-refractivity contribution in [2.24, 2.45) is 0 Å². The monoisotopic (exact) mass is 264 g/mol.